The van der Waals surface area contributed by atoms with Crippen LogP contribution in [0.4, 0.5) is 0 Å². The largest absolute Gasteiger partial charge is 0.487 e. The molecule has 8 nitrogen and oxygen atoms in total. The van der Waals surface area contributed by atoms with Crippen LogP contribution in [0, 0.1) is 0 Å². The first kappa shape index (κ1) is 19.7. The molecule has 0 saturated carbocycles. The first-order valence-electron chi connectivity index (χ1n) is 7.80. The Morgan fingerprint density at radius 2 is 1.96 bits per heavy atom. The fourth-order valence-electron chi connectivity index (χ4n) is 1.89. The van der Waals surface area contributed by atoms with Gasteiger partial charge in [0.15, 0.2) is 11.9 Å². The fourth-order valence-corrected chi connectivity index (χ4v) is 1.89. The van der Waals surface area contributed by atoms with E-state index in [1.54, 1.807) is 6.92 Å². The summed E-state index contributed by atoms with van der Waals surface area (Å²) in [5, 5.41) is 28.6. The topological polar surface area (TPSA) is 115 Å². The van der Waals surface area contributed by atoms with Crippen LogP contribution in [-0.2, 0) is 23.7 Å². The summed E-state index contributed by atoms with van der Waals surface area (Å²) in [5.74, 6) is -0.893. The van der Waals surface area contributed by atoms with E-state index in [0.717, 1.165) is 12.8 Å². The molecule has 3 N–H and O–H groups in total. The predicted octanol–water partition coefficient (Wildman–Crippen LogP) is -0.293. The van der Waals surface area contributed by atoms with Crippen molar-refractivity contribution in [2.24, 2.45) is 0 Å². The van der Waals surface area contributed by atoms with Crippen LogP contribution in [0.2, 0.25) is 0 Å². The van der Waals surface area contributed by atoms with Gasteiger partial charge in [-0.05, 0) is 13.3 Å². The Kier molecular flexibility index (Phi) is 8.93. The highest BCUT2D eigenvalue weighted by atomic mass is 16.6. The smallest absolute Gasteiger partial charge is 0.378 e. The van der Waals surface area contributed by atoms with E-state index in [2.05, 4.69) is 0 Å². The van der Waals surface area contributed by atoms with Crippen LogP contribution in [0.25, 0.3) is 0 Å². The van der Waals surface area contributed by atoms with Gasteiger partial charge in [0.25, 0.3) is 0 Å². The molecule has 1 heterocycles. The summed E-state index contributed by atoms with van der Waals surface area (Å²) in [6.45, 7) is 3.86. The zero-order chi connectivity index (χ0) is 17.2. The molecule has 0 amide bonds. The van der Waals surface area contributed by atoms with E-state index in [0.29, 0.717) is 13.2 Å². The van der Waals surface area contributed by atoms with Crippen LogP contribution in [0.3, 0.4) is 0 Å². The molecule has 0 saturated heterocycles. The Bertz CT molecular complexity index is 395. The number of rotatable bonds is 12. The van der Waals surface area contributed by atoms with E-state index in [4.69, 9.17) is 24.1 Å². The lowest BCUT2D eigenvalue weighted by Gasteiger charge is -2.20. The van der Waals surface area contributed by atoms with Gasteiger partial charge in [-0.25, -0.2) is 4.79 Å². The Hall–Kier alpha value is -1.35. The van der Waals surface area contributed by atoms with Crippen molar-refractivity contribution in [1.29, 1.82) is 0 Å². The molecule has 1 rings (SSSR count). The molecule has 1 aliphatic rings. The van der Waals surface area contributed by atoms with Gasteiger partial charge in [-0.1, -0.05) is 13.3 Å². The number of esters is 1. The number of carbonyl (C=O) groups excluding carboxylic acids is 1. The highest BCUT2D eigenvalue weighted by Crippen LogP contribution is 2.27. The van der Waals surface area contributed by atoms with Gasteiger partial charge >= 0.3 is 5.97 Å². The van der Waals surface area contributed by atoms with E-state index in [-0.39, 0.29) is 24.7 Å². The maximum atomic E-state index is 11.9. The van der Waals surface area contributed by atoms with E-state index in [9.17, 15) is 15.0 Å². The van der Waals surface area contributed by atoms with Gasteiger partial charge in [-0.15, -0.1) is 0 Å². The number of aliphatic hydroxyl groups excluding tert-OH is 3. The molecule has 0 fully saturated rings. The molecule has 1 aliphatic heterocycles. The molecular formula is C15H26O8. The second-order valence-electron chi connectivity index (χ2n) is 5.10. The number of ether oxygens (including phenoxy) is 4. The minimum absolute atomic E-state index is 0.0109. The van der Waals surface area contributed by atoms with Gasteiger partial charge in [-0.3, -0.25) is 0 Å². The average molecular weight is 334 g/mol. The van der Waals surface area contributed by atoms with Crippen molar-refractivity contribution in [2.75, 3.05) is 33.0 Å². The fraction of sp³-hybridized carbons (Fsp3) is 0.800. The maximum Gasteiger partial charge on any atom is 0.378 e. The molecule has 0 bridgehead atoms. The van der Waals surface area contributed by atoms with Crippen molar-refractivity contribution >= 4 is 5.97 Å². The van der Waals surface area contributed by atoms with Gasteiger partial charge < -0.3 is 34.3 Å². The van der Waals surface area contributed by atoms with Crippen molar-refractivity contribution in [3.05, 3.63) is 11.5 Å². The standard InChI is InChI=1S/C15H26O8/c1-3-5-6-21-14-13(22-9-10(17)8-20-4-2)12(11(18)7-16)23-15(14)19/h10-12,16-18H,3-9H2,1-2H3/t10?,11-,12+/m0/s1. The quantitative estimate of drug-likeness (QED) is 0.329. The van der Waals surface area contributed by atoms with Crippen molar-refractivity contribution in [2.45, 2.75) is 45.0 Å². The number of aliphatic hydroxyl groups is 3. The summed E-state index contributed by atoms with van der Waals surface area (Å²) in [4.78, 5) is 11.9. The summed E-state index contributed by atoms with van der Waals surface area (Å²) >= 11 is 0. The third-order valence-corrected chi connectivity index (χ3v) is 3.13. The minimum atomic E-state index is -1.33. The summed E-state index contributed by atoms with van der Waals surface area (Å²) in [6.07, 6.45) is -1.76. The molecule has 134 valence electrons. The first-order valence-corrected chi connectivity index (χ1v) is 7.80. The number of cyclic esters (lactones) is 1. The summed E-state index contributed by atoms with van der Waals surface area (Å²) in [5.41, 5.74) is 0. The van der Waals surface area contributed by atoms with Gasteiger partial charge in [0.1, 0.15) is 18.8 Å². The summed E-state index contributed by atoms with van der Waals surface area (Å²) < 4.78 is 20.9. The SMILES string of the molecule is CCCCOC1=C(OCC(O)COCC)[C@@H]([C@@H](O)CO)OC1=O. The van der Waals surface area contributed by atoms with Gasteiger partial charge in [0.2, 0.25) is 5.76 Å². The molecule has 0 spiro atoms. The zero-order valence-corrected chi connectivity index (χ0v) is 13.6. The Labute approximate surface area is 135 Å². The molecule has 3 atom stereocenters. The molecular weight excluding hydrogens is 308 g/mol. The molecule has 23 heavy (non-hydrogen) atoms. The predicted molar refractivity (Wildman–Crippen MR) is 79.3 cm³/mol. The second-order valence-corrected chi connectivity index (χ2v) is 5.10. The van der Waals surface area contributed by atoms with Gasteiger partial charge in [0.05, 0.1) is 19.8 Å². The number of unbranched alkanes of at least 4 members (excludes halogenated alkanes) is 1. The lowest BCUT2D eigenvalue weighted by Crippen LogP contribution is -2.33. The maximum absolute atomic E-state index is 11.9. The van der Waals surface area contributed by atoms with Gasteiger partial charge in [0, 0.05) is 6.61 Å². The van der Waals surface area contributed by atoms with E-state index in [1.165, 1.54) is 0 Å². The molecule has 0 aromatic heterocycles. The van der Waals surface area contributed by atoms with Crippen LogP contribution in [-0.4, -0.2) is 72.6 Å². The third kappa shape index (κ3) is 5.98. The molecule has 0 aromatic rings. The first-order chi connectivity index (χ1) is 11.0. The highest BCUT2D eigenvalue weighted by molar-refractivity contribution is 5.89. The number of hydrogen-bond donors (Lipinski definition) is 3. The minimum Gasteiger partial charge on any atom is -0.487 e. The van der Waals surface area contributed by atoms with Crippen LogP contribution in [0.15, 0.2) is 11.5 Å². The highest BCUT2D eigenvalue weighted by Gasteiger charge is 2.42. The molecule has 8 heteroatoms. The number of hydrogen-bond acceptors (Lipinski definition) is 8. The Balaban J connectivity index is 2.77. The summed E-state index contributed by atoms with van der Waals surface area (Å²) in [7, 11) is 0. The molecule has 0 aromatic carbocycles. The molecule has 0 aliphatic carbocycles. The van der Waals surface area contributed by atoms with Gasteiger partial charge in [-0.2, -0.15) is 0 Å². The van der Waals surface area contributed by atoms with Crippen LogP contribution >= 0.6 is 0 Å². The Morgan fingerprint density at radius 3 is 2.57 bits per heavy atom. The number of carbonyl (C=O) groups is 1. The van der Waals surface area contributed by atoms with Crippen molar-refractivity contribution < 1.29 is 39.1 Å². The average Bonchev–Trinajstić information content (AvgIpc) is 2.86. The van der Waals surface area contributed by atoms with Crippen LogP contribution in [0.5, 0.6) is 0 Å². The van der Waals surface area contributed by atoms with Crippen LogP contribution in [0.1, 0.15) is 26.7 Å². The summed E-state index contributed by atoms with van der Waals surface area (Å²) in [6, 6.07) is 0. The van der Waals surface area contributed by atoms with Crippen molar-refractivity contribution in [3.8, 4) is 0 Å². The third-order valence-electron chi connectivity index (χ3n) is 3.13. The lowest BCUT2D eigenvalue weighted by molar-refractivity contribution is -0.149. The molecule has 1 unspecified atom stereocenters. The van der Waals surface area contributed by atoms with Crippen molar-refractivity contribution in [3.63, 3.8) is 0 Å². The van der Waals surface area contributed by atoms with Crippen LogP contribution < -0.4 is 0 Å². The van der Waals surface area contributed by atoms with E-state index in [1.807, 2.05) is 6.92 Å². The van der Waals surface area contributed by atoms with E-state index >= 15 is 0 Å². The van der Waals surface area contributed by atoms with Crippen molar-refractivity contribution in [1.82, 2.24) is 0 Å². The second kappa shape index (κ2) is 10.4. The lowest BCUT2D eigenvalue weighted by atomic mass is 10.2. The molecule has 0 radical (unpaired) electrons. The zero-order valence-electron chi connectivity index (χ0n) is 13.6. The Morgan fingerprint density at radius 1 is 1.22 bits per heavy atom. The van der Waals surface area contributed by atoms with E-state index < -0.39 is 30.9 Å². The monoisotopic (exact) mass is 334 g/mol. The normalized spacial score (nSPS) is 20.4.